The van der Waals surface area contributed by atoms with Gasteiger partial charge in [-0.25, -0.2) is 4.79 Å². The molecule has 7 nitrogen and oxygen atoms in total. The average Bonchev–Trinajstić information content (AvgIpc) is 2.63. The first-order valence-corrected chi connectivity index (χ1v) is 8.36. The van der Waals surface area contributed by atoms with Crippen molar-refractivity contribution in [1.29, 1.82) is 0 Å². The molecular formula is C20H22N2O5. The molecule has 142 valence electrons. The molecule has 2 aromatic rings. The molecule has 0 unspecified atom stereocenters. The van der Waals surface area contributed by atoms with Crippen LogP contribution in [0.5, 0.6) is 0 Å². The molecule has 1 atom stereocenters. The number of anilines is 2. The van der Waals surface area contributed by atoms with Gasteiger partial charge in [-0.05, 0) is 48.9 Å². The molecule has 0 aliphatic heterocycles. The zero-order chi connectivity index (χ0) is 19.8. The molecule has 0 aliphatic rings. The minimum atomic E-state index is -0.974. The quantitative estimate of drug-likeness (QED) is 0.731. The number of carbonyl (C=O) groups is 3. The van der Waals surface area contributed by atoms with E-state index < -0.39 is 18.0 Å². The van der Waals surface area contributed by atoms with Crippen molar-refractivity contribution in [3.05, 3.63) is 59.7 Å². The Hall–Kier alpha value is -3.19. The van der Waals surface area contributed by atoms with E-state index in [1.807, 2.05) is 6.07 Å². The van der Waals surface area contributed by atoms with E-state index in [-0.39, 0.29) is 5.91 Å². The fourth-order valence-corrected chi connectivity index (χ4v) is 2.32. The number of hydrogen-bond acceptors (Lipinski definition) is 5. The van der Waals surface area contributed by atoms with Crippen LogP contribution in [0.2, 0.25) is 0 Å². The standard InChI is InChI=1S/C20H22N2O5/c1-13(27-20(25)16-6-4-5-15(11-16)12-26-3)19(24)22-18-9-7-17(8-10-18)21-14(2)23/h4-11,13H,12H2,1-3H3,(H,21,23)(H,22,24)/t13-/m1/s1. The van der Waals surface area contributed by atoms with Gasteiger partial charge < -0.3 is 20.1 Å². The lowest BCUT2D eigenvalue weighted by atomic mass is 10.1. The third kappa shape index (κ3) is 6.23. The van der Waals surface area contributed by atoms with Crippen molar-refractivity contribution >= 4 is 29.2 Å². The van der Waals surface area contributed by atoms with Gasteiger partial charge in [-0.15, -0.1) is 0 Å². The largest absolute Gasteiger partial charge is 0.449 e. The predicted octanol–water partition coefficient (Wildman–Crippen LogP) is 2.98. The number of ether oxygens (including phenoxy) is 2. The first-order chi connectivity index (χ1) is 12.9. The Kier molecular flexibility index (Phi) is 7.08. The number of amides is 2. The molecule has 0 fully saturated rings. The van der Waals surface area contributed by atoms with Crippen LogP contribution < -0.4 is 10.6 Å². The zero-order valence-corrected chi connectivity index (χ0v) is 15.4. The van der Waals surface area contributed by atoms with Gasteiger partial charge in [-0.2, -0.15) is 0 Å². The van der Waals surface area contributed by atoms with Crippen LogP contribution in [0.1, 0.15) is 29.8 Å². The molecular weight excluding hydrogens is 348 g/mol. The summed E-state index contributed by atoms with van der Waals surface area (Å²) in [6.45, 7) is 3.29. The van der Waals surface area contributed by atoms with Crippen LogP contribution in [0, 0.1) is 0 Å². The highest BCUT2D eigenvalue weighted by atomic mass is 16.5. The highest BCUT2D eigenvalue weighted by molar-refractivity contribution is 5.97. The van der Waals surface area contributed by atoms with Gasteiger partial charge in [-0.1, -0.05) is 12.1 Å². The van der Waals surface area contributed by atoms with Crippen molar-refractivity contribution in [3.8, 4) is 0 Å². The molecule has 27 heavy (non-hydrogen) atoms. The third-order valence-corrected chi connectivity index (χ3v) is 3.60. The van der Waals surface area contributed by atoms with Crippen LogP contribution in [-0.4, -0.2) is 31.0 Å². The molecule has 0 aliphatic carbocycles. The van der Waals surface area contributed by atoms with Crippen LogP contribution in [0.25, 0.3) is 0 Å². The summed E-state index contributed by atoms with van der Waals surface area (Å²) in [5.74, 6) is -1.22. The topological polar surface area (TPSA) is 93.7 Å². The summed E-state index contributed by atoms with van der Waals surface area (Å²) in [5.41, 5.74) is 2.34. The van der Waals surface area contributed by atoms with E-state index in [1.165, 1.54) is 13.8 Å². The smallest absolute Gasteiger partial charge is 0.338 e. The van der Waals surface area contributed by atoms with E-state index in [9.17, 15) is 14.4 Å². The van der Waals surface area contributed by atoms with Crippen LogP contribution in [0.4, 0.5) is 11.4 Å². The van der Waals surface area contributed by atoms with Gasteiger partial charge in [0.25, 0.3) is 5.91 Å². The molecule has 0 bridgehead atoms. The number of benzene rings is 2. The van der Waals surface area contributed by atoms with Gasteiger partial charge >= 0.3 is 5.97 Å². The van der Waals surface area contributed by atoms with Gasteiger partial charge in [0, 0.05) is 25.4 Å². The Morgan fingerprint density at radius 3 is 2.22 bits per heavy atom. The lowest BCUT2D eigenvalue weighted by molar-refractivity contribution is -0.123. The molecule has 2 rings (SSSR count). The van der Waals surface area contributed by atoms with Gasteiger partial charge in [0.15, 0.2) is 6.10 Å². The normalized spacial score (nSPS) is 11.4. The first-order valence-electron chi connectivity index (χ1n) is 8.36. The zero-order valence-electron chi connectivity index (χ0n) is 15.4. The number of carbonyl (C=O) groups excluding carboxylic acids is 3. The second-order valence-electron chi connectivity index (χ2n) is 5.93. The lowest BCUT2D eigenvalue weighted by Crippen LogP contribution is -2.30. The molecule has 7 heteroatoms. The molecule has 0 saturated carbocycles. The van der Waals surface area contributed by atoms with E-state index >= 15 is 0 Å². The summed E-state index contributed by atoms with van der Waals surface area (Å²) in [5, 5.41) is 5.30. The highest BCUT2D eigenvalue weighted by Gasteiger charge is 2.19. The number of hydrogen-bond donors (Lipinski definition) is 2. The molecule has 0 radical (unpaired) electrons. The Morgan fingerprint density at radius 2 is 1.63 bits per heavy atom. The number of nitrogens with one attached hydrogen (secondary N) is 2. The van der Waals surface area contributed by atoms with E-state index in [0.29, 0.717) is 23.5 Å². The second kappa shape index (κ2) is 9.49. The maximum absolute atomic E-state index is 12.2. The summed E-state index contributed by atoms with van der Waals surface area (Å²) in [4.78, 5) is 35.5. The maximum atomic E-state index is 12.2. The average molecular weight is 370 g/mol. The maximum Gasteiger partial charge on any atom is 0.338 e. The van der Waals surface area contributed by atoms with Crippen LogP contribution in [-0.2, 0) is 25.7 Å². The Balaban J connectivity index is 1.93. The van der Waals surface area contributed by atoms with Crippen molar-refractivity contribution in [2.24, 2.45) is 0 Å². The first kappa shape index (κ1) is 20.1. The van der Waals surface area contributed by atoms with Crippen LogP contribution in [0.3, 0.4) is 0 Å². The molecule has 2 aromatic carbocycles. The van der Waals surface area contributed by atoms with Crippen molar-refractivity contribution in [2.75, 3.05) is 17.7 Å². The van der Waals surface area contributed by atoms with Crippen molar-refractivity contribution in [1.82, 2.24) is 0 Å². The Morgan fingerprint density at radius 1 is 1.00 bits per heavy atom. The summed E-state index contributed by atoms with van der Waals surface area (Å²) >= 11 is 0. The van der Waals surface area contributed by atoms with Crippen molar-refractivity contribution < 1.29 is 23.9 Å². The number of rotatable bonds is 7. The summed E-state index contributed by atoms with van der Waals surface area (Å²) in [6, 6.07) is 13.5. The predicted molar refractivity (Wildman–Crippen MR) is 101 cm³/mol. The van der Waals surface area contributed by atoms with Gasteiger partial charge in [0.2, 0.25) is 5.91 Å². The minimum absolute atomic E-state index is 0.179. The molecule has 0 spiro atoms. The SMILES string of the molecule is COCc1cccc(C(=O)O[C@H](C)C(=O)Nc2ccc(NC(C)=O)cc2)c1. The van der Waals surface area contributed by atoms with Gasteiger partial charge in [-0.3, -0.25) is 9.59 Å². The highest BCUT2D eigenvalue weighted by Crippen LogP contribution is 2.15. The molecule has 0 heterocycles. The fraction of sp³-hybridized carbons (Fsp3) is 0.250. The fourth-order valence-electron chi connectivity index (χ4n) is 2.32. The van der Waals surface area contributed by atoms with E-state index in [0.717, 1.165) is 5.56 Å². The molecule has 2 N–H and O–H groups in total. The van der Waals surface area contributed by atoms with Crippen LogP contribution in [0.15, 0.2) is 48.5 Å². The molecule has 0 aromatic heterocycles. The Bertz CT molecular complexity index is 817. The molecule has 0 saturated heterocycles. The van der Waals surface area contributed by atoms with E-state index in [4.69, 9.17) is 9.47 Å². The third-order valence-electron chi connectivity index (χ3n) is 3.60. The monoisotopic (exact) mass is 370 g/mol. The van der Waals surface area contributed by atoms with E-state index in [1.54, 1.807) is 49.6 Å². The van der Waals surface area contributed by atoms with Gasteiger partial charge in [0.1, 0.15) is 0 Å². The number of methoxy groups -OCH3 is 1. The van der Waals surface area contributed by atoms with Crippen molar-refractivity contribution in [2.45, 2.75) is 26.6 Å². The molecule has 2 amide bonds. The summed E-state index contributed by atoms with van der Waals surface area (Å²) < 4.78 is 10.3. The Labute approximate surface area is 157 Å². The van der Waals surface area contributed by atoms with Crippen molar-refractivity contribution in [3.63, 3.8) is 0 Å². The number of esters is 1. The summed E-state index contributed by atoms with van der Waals surface area (Å²) in [7, 11) is 1.57. The van der Waals surface area contributed by atoms with E-state index in [2.05, 4.69) is 10.6 Å². The second-order valence-corrected chi connectivity index (χ2v) is 5.93. The summed E-state index contributed by atoms with van der Waals surface area (Å²) in [6.07, 6.45) is -0.974. The minimum Gasteiger partial charge on any atom is -0.449 e. The van der Waals surface area contributed by atoms with Crippen LogP contribution >= 0.6 is 0 Å². The van der Waals surface area contributed by atoms with Gasteiger partial charge in [0.05, 0.1) is 12.2 Å². The lowest BCUT2D eigenvalue weighted by Gasteiger charge is -2.14.